The molecule has 1 aliphatic rings. The van der Waals surface area contributed by atoms with Crippen molar-refractivity contribution in [2.24, 2.45) is 0 Å². The van der Waals surface area contributed by atoms with E-state index in [4.69, 9.17) is 4.74 Å². The van der Waals surface area contributed by atoms with Crippen LogP contribution in [0.15, 0.2) is 23.1 Å². The SMILES string of the molecule is CCN(CC)S(=O)(=O)c1ccc(O[C@H](C)C(=O)N2CCCCC2)c([N+](=O)[O-])c1. The lowest BCUT2D eigenvalue weighted by Gasteiger charge is -2.29. The summed E-state index contributed by atoms with van der Waals surface area (Å²) in [6.07, 6.45) is 2.03. The van der Waals surface area contributed by atoms with E-state index < -0.39 is 26.7 Å². The minimum atomic E-state index is -3.84. The standard InChI is InChI=1S/C18H27N3O6S/c1-4-20(5-2)28(25,26)15-9-10-17(16(13-15)21(23)24)27-14(3)18(22)19-11-7-6-8-12-19/h9-10,13-14H,4-8,11-12H2,1-3H3/t14-/m1/s1. The first-order valence-electron chi connectivity index (χ1n) is 9.46. The molecule has 0 aliphatic carbocycles. The summed E-state index contributed by atoms with van der Waals surface area (Å²) >= 11 is 0. The van der Waals surface area contributed by atoms with Crippen molar-refractivity contribution in [2.45, 2.75) is 51.0 Å². The van der Waals surface area contributed by atoms with Gasteiger partial charge in [-0.15, -0.1) is 0 Å². The number of nitrogens with zero attached hydrogens (tertiary/aromatic N) is 3. The smallest absolute Gasteiger partial charge is 0.312 e. The van der Waals surface area contributed by atoms with Gasteiger partial charge in [0, 0.05) is 32.2 Å². The quantitative estimate of drug-likeness (QED) is 0.478. The fourth-order valence-electron chi connectivity index (χ4n) is 3.22. The molecule has 0 radical (unpaired) electrons. The second-order valence-corrected chi connectivity index (χ2v) is 8.56. The molecule has 0 spiro atoms. The van der Waals surface area contributed by atoms with Crippen LogP contribution >= 0.6 is 0 Å². The van der Waals surface area contributed by atoms with E-state index in [0.29, 0.717) is 13.1 Å². The summed E-state index contributed by atoms with van der Waals surface area (Å²) in [7, 11) is -3.84. The molecule has 1 aromatic rings. The summed E-state index contributed by atoms with van der Waals surface area (Å²) in [6.45, 7) is 6.74. The normalized spacial score (nSPS) is 16.1. The monoisotopic (exact) mass is 413 g/mol. The first kappa shape index (κ1) is 22.1. The van der Waals surface area contributed by atoms with Crippen molar-refractivity contribution in [3.63, 3.8) is 0 Å². The number of likely N-dealkylation sites (tertiary alicyclic amines) is 1. The number of benzene rings is 1. The Morgan fingerprint density at radius 2 is 1.86 bits per heavy atom. The minimum absolute atomic E-state index is 0.124. The molecule has 1 saturated heterocycles. The molecule has 28 heavy (non-hydrogen) atoms. The molecule has 1 amide bonds. The van der Waals surface area contributed by atoms with Crippen LogP contribution in [0.4, 0.5) is 5.69 Å². The topological polar surface area (TPSA) is 110 Å². The molecule has 2 rings (SSSR count). The van der Waals surface area contributed by atoms with Crippen molar-refractivity contribution in [2.75, 3.05) is 26.2 Å². The lowest BCUT2D eigenvalue weighted by molar-refractivity contribution is -0.386. The summed E-state index contributed by atoms with van der Waals surface area (Å²) in [5.74, 6) is -0.352. The van der Waals surface area contributed by atoms with Crippen LogP contribution in [-0.2, 0) is 14.8 Å². The van der Waals surface area contributed by atoms with Gasteiger partial charge >= 0.3 is 5.69 Å². The maximum atomic E-state index is 12.6. The fraction of sp³-hybridized carbons (Fsp3) is 0.611. The van der Waals surface area contributed by atoms with Gasteiger partial charge in [-0.05, 0) is 38.3 Å². The molecule has 10 heteroatoms. The molecule has 1 aliphatic heterocycles. The maximum Gasteiger partial charge on any atom is 0.312 e. The Bertz CT molecular complexity index is 817. The average molecular weight is 413 g/mol. The summed E-state index contributed by atoms with van der Waals surface area (Å²) < 4.78 is 32.0. The van der Waals surface area contributed by atoms with Gasteiger partial charge in [0.1, 0.15) is 0 Å². The Morgan fingerprint density at radius 3 is 2.39 bits per heavy atom. The van der Waals surface area contributed by atoms with Gasteiger partial charge in [-0.25, -0.2) is 8.42 Å². The van der Waals surface area contributed by atoms with E-state index in [2.05, 4.69) is 0 Å². The number of nitro benzene ring substituents is 1. The molecule has 0 aromatic heterocycles. The Labute approximate surface area is 165 Å². The molecule has 9 nitrogen and oxygen atoms in total. The predicted octanol–water partition coefficient (Wildman–Crippen LogP) is 2.41. The van der Waals surface area contributed by atoms with E-state index in [-0.39, 0.29) is 29.6 Å². The van der Waals surface area contributed by atoms with Crippen LogP contribution in [0.25, 0.3) is 0 Å². The van der Waals surface area contributed by atoms with Crippen molar-refractivity contribution in [1.82, 2.24) is 9.21 Å². The van der Waals surface area contributed by atoms with E-state index in [1.54, 1.807) is 25.7 Å². The van der Waals surface area contributed by atoms with Gasteiger partial charge in [0.2, 0.25) is 10.0 Å². The molecule has 0 unspecified atom stereocenters. The average Bonchev–Trinajstić information content (AvgIpc) is 2.68. The number of sulfonamides is 1. The lowest BCUT2D eigenvalue weighted by Crippen LogP contribution is -2.43. The van der Waals surface area contributed by atoms with Crippen LogP contribution in [-0.4, -0.2) is 60.7 Å². The van der Waals surface area contributed by atoms with E-state index >= 15 is 0 Å². The number of carbonyl (C=O) groups is 1. The molecule has 1 fully saturated rings. The van der Waals surface area contributed by atoms with Gasteiger partial charge in [-0.1, -0.05) is 13.8 Å². The van der Waals surface area contributed by atoms with Gasteiger partial charge in [-0.3, -0.25) is 14.9 Å². The molecular formula is C18H27N3O6S. The Balaban J connectivity index is 2.28. The van der Waals surface area contributed by atoms with Gasteiger partial charge in [0.15, 0.2) is 11.9 Å². The Kier molecular flexibility index (Phi) is 7.36. The fourth-order valence-corrected chi connectivity index (χ4v) is 4.70. The Morgan fingerprint density at radius 1 is 1.25 bits per heavy atom. The predicted molar refractivity (Wildman–Crippen MR) is 104 cm³/mol. The van der Waals surface area contributed by atoms with Crippen LogP contribution in [0.5, 0.6) is 5.75 Å². The first-order chi connectivity index (χ1) is 13.2. The van der Waals surface area contributed by atoms with Crippen molar-refractivity contribution in [3.8, 4) is 5.75 Å². The number of ether oxygens (including phenoxy) is 1. The second kappa shape index (κ2) is 9.33. The number of nitro groups is 1. The highest BCUT2D eigenvalue weighted by Crippen LogP contribution is 2.32. The van der Waals surface area contributed by atoms with Crippen molar-refractivity contribution >= 4 is 21.6 Å². The first-order valence-corrected chi connectivity index (χ1v) is 10.9. The molecule has 1 heterocycles. The van der Waals surface area contributed by atoms with Gasteiger partial charge < -0.3 is 9.64 Å². The lowest BCUT2D eigenvalue weighted by atomic mass is 10.1. The summed E-state index contributed by atoms with van der Waals surface area (Å²) in [4.78, 5) is 24.8. The molecule has 156 valence electrons. The van der Waals surface area contributed by atoms with Crippen molar-refractivity contribution < 1.29 is 22.9 Å². The van der Waals surface area contributed by atoms with E-state index in [0.717, 1.165) is 25.3 Å². The van der Waals surface area contributed by atoms with Crippen molar-refractivity contribution in [1.29, 1.82) is 0 Å². The highest BCUT2D eigenvalue weighted by atomic mass is 32.2. The molecule has 1 atom stereocenters. The zero-order valence-corrected chi connectivity index (χ0v) is 17.3. The summed E-state index contributed by atoms with van der Waals surface area (Å²) in [5, 5.41) is 11.5. The van der Waals surface area contributed by atoms with Crippen LogP contribution in [0.2, 0.25) is 0 Å². The minimum Gasteiger partial charge on any atom is -0.474 e. The second-order valence-electron chi connectivity index (χ2n) is 6.62. The third kappa shape index (κ3) is 4.79. The molecular weight excluding hydrogens is 386 g/mol. The zero-order valence-electron chi connectivity index (χ0n) is 16.5. The third-order valence-electron chi connectivity index (χ3n) is 4.79. The number of rotatable bonds is 8. The zero-order chi connectivity index (χ0) is 20.9. The summed E-state index contributed by atoms with van der Waals surface area (Å²) in [6, 6.07) is 3.50. The van der Waals surface area contributed by atoms with Crippen LogP contribution in [0.3, 0.4) is 0 Å². The van der Waals surface area contributed by atoms with E-state index in [1.165, 1.54) is 16.4 Å². The van der Waals surface area contributed by atoms with Gasteiger partial charge in [0.25, 0.3) is 5.91 Å². The van der Waals surface area contributed by atoms with E-state index in [9.17, 15) is 23.3 Å². The third-order valence-corrected chi connectivity index (χ3v) is 6.84. The molecule has 0 saturated carbocycles. The largest absolute Gasteiger partial charge is 0.474 e. The van der Waals surface area contributed by atoms with Crippen molar-refractivity contribution in [3.05, 3.63) is 28.3 Å². The maximum absolute atomic E-state index is 12.6. The Hall–Kier alpha value is -2.20. The van der Waals surface area contributed by atoms with Crippen LogP contribution in [0.1, 0.15) is 40.0 Å². The van der Waals surface area contributed by atoms with E-state index in [1.807, 2.05) is 0 Å². The number of hydrogen-bond acceptors (Lipinski definition) is 6. The van der Waals surface area contributed by atoms with Crippen LogP contribution in [0, 0.1) is 10.1 Å². The van der Waals surface area contributed by atoms with Gasteiger partial charge in [0.05, 0.1) is 9.82 Å². The highest BCUT2D eigenvalue weighted by molar-refractivity contribution is 7.89. The number of piperidine rings is 1. The van der Waals surface area contributed by atoms with Crippen LogP contribution < -0.4 is 4.74 Å². The molecule has 0 bridgehead atoms. The summed E-state index contributed by atoms with van der Waals surface area (Å²) in [5.41, 5.74) is -0.480. The number of hydrogen-bond donors (Lipinski definition) is 0. The molecule has 0 N–H and O–H groups in total. The number of carbonyl (C=O) groups excluding carboxylic acids is 1. The van der Waals surface area contributed by atoms with Gasteiger partial charge in [-0.2, -0.15) is 4.31 Å². The number of amides is 1. The molecule has 1 aromatic carbocycles. The highest BCUT2D eigenvalue weighted by Gasteiger charge is 2.29.